The molecule has 1 atom stereocenters. The predicted molar refractivity (Wildman–Crippen MR) is 73.6 cm³/mol. The number of aryl methyl sites for hydroxylation is 1. The molecule has 1 fully saturated rings. The lowest BCUT2D eigenvalue weighted by Gasteiger charge is -2.48. The normalized spacial score (nSPS) is 22.8. The number of hydrogen-bond donors (Lipinski definition) is 2. The fourth-order valence-corrected chi connectivity index (χ4v) is 2.49. The Kier molecular flexibility index (Phi) is 3.30. The number of piperazine rings is 1. The molecule has 1 heterocycles. The molecule has 4 nitrogen and oxygen atoms in total. The highest BCUT2D eigenvalue weighted by Gasteiger charge is 2.40. The number of carbonyl (C=O) groups is 1. The molecule has 3 N–H and O–H groups in total. The molecule has 0 aromatic heterocycles. The largest absolute Gasteiger partial charge is 0.352 e. The van der Waals surface area contributed by atoms with E-state index in [0.717, 1.165) is 5.69 Å². The molecule has 18 heavy (non-hydrogen) atoms. The maximum atomic E-state index is 11.9. The average molecular weight is 247 g/mol. The Morgan fingerprint density at radius 2 is 2.00 bits per heavy atom. The summed E-state index contributed by atoms with van der Waals surface area (Å²) in [4.78, 5) is 14.1. The van der Waals surface area contributed by atoms with Gasteiger partial charge < -0.3 is 16.0 Å². The minimum Gasteiger partial charge on any atom is -0.352 e. The number of rotatable bonds is 2. The summed E-state index contributed by atoms with van der Waals surface area (Å²) < 4.78 is 0. The smallest absolute Gasteiger partial charge is 0.244 e. The molecule has 1 aromatic rings. The van der Waals surface area contributed by atoms with Gasteiger partial charge >= 0.3 is 0 Å². The molecule has 1 aromatic carbocycles. The van der Waals surface area contributed by atoms with Crippen molar-refractivity contribution in [1.82, 2.24) is 5.32 Å². The Morgan fingerprint density at radius 1 is 1.39 bits per heavy atom. The Bertz CT molecular complexity index is 439. The van der Waals surface area contributed by atoms with E-state index in [-0.39, 0.29) is 17.5 Å². The summed E-state index contributed by atoms with van der Waals surface area (Å²) in [6.45, 7) is 7.25. The summed E-state index contributed by atoms with van der Waals surface area (Å²) in [7, 11) is 0. The summed E-state index contributed by atoms with van der Waals surface area (Å²) in [6, 6.07) is 7.93. The van der Waals surface area contributed by atoms with Gasteiger partial charge in [-0.1, -0.05) is 17.7 Å². The quantitative estimate of drug-likeness (QED) is 0.821. The summed E-state index contributed by atoms with van der Waals surface area (Å²) in [6.07, 6.45) is 0. The first-order valence-electron chi connectivity index (χ1n) is 6.29. The van der Waals surface area contributed by atoms with Crippen molar-refractivity contribution >= 4 is 11.6 Å². The van der Waals surface area contributed by atoms with E-state index in [2.05, 4.69) is 55.3 Å². The van der Waals surface area contributed by atoms with Crippen molar-refractivity contribution in [3.63, 3.8) is 0 Å². The van der Waals surface area contributed by atoms with Gasteiger partial charge in [0.15, 0.2) is 0 Å². The lowest BCUT2D eigenvalue weighted by Crippen LogP contribution is -2.67. The molecule has 0 bridgehead atoms. The van der Waals surface area contributed by atoms with Gasteiger partial charge in [0.25, 0.3) is 0 Å². The van der Waals surface area contributed by atoms with Crippen LogP contribution in [-0.2, 0) is 4.79 Å². The third-order valence-electron chi connectivity index (χ3n) is 3.50. The van der Waals surface area contributed by atoms with E-state index in [0.29, 0.717) is 13.1 Å². The first-order valence-corrected chi connectivity index (χ1v) is 6.29. The zero-order valence-corrected chi connectivity index (χ0v) is 11.2. The van der Waals surface area contributed by atoms with Gasteiger partial charge in [-0.05, 0) is 32.9 Å². The fraction of sp³-hybridized carbons (Fsp3) is 0.500. The van der Waals surface area contributed by atoms with Crippen LogP contribution in [0.4, 0.5) is 5.69 Å². The van der Waals surface area contributed by atoms with Crippen LogP contribution in [-0.4, -0.2) is 30.6 Å². The molecule has 1 amide bonds. The van der Waals surface area contributed by atoms with E-state index in [4.69, 9.17) is 5.73 Å². The van der Waals surface area contributed by atoms with E-state index >= 15 is 0 Å². The lowest BCUT2D eigenvalue weighted by molar-refractivity contribution is -0.124. The molecule has 1 saturated heterocycles. The number of nitrogens with zero attached hydrogens (tertiary/aromatic N) is 1. The molecule has 0 radical (unpaired) electrons. The first-order chi connectivity index (χ1) is 8.45. The van der Waals surface area contributed by atoms with Crippen LogP contribution in [0.3, 0.4) is 0 Å². The topological polar surface area (TPSA) is 58.4 Å². The van der Waals surface area contributed by atoms with Crippen molar-refractivity contribution in [3.05, 3.63) is 29.8 Å². The van der Waals surface area contributed by atoms with Crippen LogP contribution in [0.25, 0.3) is 0 Å². The minimum absolute atomic E-state index is 0.0115. The van der Waals surface area contributed by atoms with E-state index in [1.54, 1.807) is 0 Å². The van der Waals surface area contributed by atoms with Crippen LogP contribution in [0.5, 0.6) is 0 Å². The van der Waals surface area contributed by atoms with Crippen LogP contribution in [0.1, 0.15) is 19.4 Å². The van der Waals surface area contributed by atoms with Gasteiger partial charge in [-0.25, -0.2) is 0 Å². The summed E-state index contributed by atoms with van der Waals surface area (Å²) >= 11 is 0. The maximum Gasteiger partial charge on any atom is 0.244 e. The van der Waals surface area contributed by atoms with E-state index in [9.17, 15) is 4.79 Å². The van der Waals surface area contributed by atoms with Crippen LogP contribution < -0.4 is 16.0 Å². The second-order valence-electron chi connectivity index (χ2n) is 5.49. The zero-order chi connectivity index (χ0) is 13.3. The second-order valence-corrected chi connectivity index (χ2v) is 5.49. The molecule has 2 rings (SSSR count). The monoisotopic (exact) mass is 247 g/mol. The Labute approximate surface area is 108 Å². The molecule has 98 valence electrons. The standard InChI is InChI=1S/C14H21N3O/c1-10-4-6-11(7-5-10)17-12(8-15)13(18)16-9-14(17,2)3/h4-7,12H,8-9,15H2,1-3H3,(H,16,18). The van der Waals surface area contributed by atoms with Gasteiger partial charge in [-0.3, -0.25) is 4.79 Å². The number of hydrogen-bond acceptors (Lipinski definition) is 3. The van der Waals surface area contributed by atoms with Crippen LogP contribution in [0.2, 0.25) is 0 Å². The number of benzene rings is 1. The van der Waals surface area contributed by atoms with Gasteiger partial charge in [0.2, 0.25) is 5.91 Å². The Hall–Kier alpha value is -1.55. The number of anilines is 1. The van der Waals surface area contributed by atoms with Gasteiger partial charge in [0.1, 0.15) is 6.04 Å². The van der Waals surface area contributed by atoms with Gasteiger partial charge in [0, 0.05) is 18.8 Å². The summed E-state index contributed by atoms with van der Waals surface area (Å²) in [5.41, 5.74) is 7.90. The van der Waals surface area contributed by atoms with Gasteiger partial charge in [0.05, 0.1) is 5.54 Å². The number of nitrogens with two attached hydrogens (primary N) is 1. The SMILES string of the molecule is Cc1ccc(N2C(CN)C(=O)NCC2(C)C)cc1. The van der Waals surface area contributed by atoms with Crippen molar-refractivity contribution < 1.29 is 4.79 Å². The van der Waals surface area contributed by atoms with Crippen molar-refractivity contribution in [2.75, 3.05) is 18.0 Å². The molecule has 0 saturated carbocycles. The third-order valence-corrected chi connectivity index (χ3v) is 3.50. The maximum absolute atomic E-state index is 11.9. The zero-order valence-electron chi connectivity index (χ0n) is 11.2. The first kappa shape index (κ1) is 12.9. The summed E-state index contributed by atoms with van der Waals surface area (Å²) in [5, 5.41) is 2.92. The molecular formula is C14H21N3O. The highest BCUT2D eigenvalue weighted by molar-refractivity contribution is 5.87. The Balaban J connectivity index is 2.41. The molecule has 1 unspecified atom stereocenters. The summed E-state index contributed by atoms with van der Waals surface area (Å²) in [5.74, 6) is 0.0115. The predicted octanol–water partition coefficient (Wildman–Crippen LogP) is 1.04. The van der Waals surface area contributed by atoms with Gasteiger partial charge in [-0.15, -0.1) is 0 Å². The number of nitrogens with one attached hydrogen (secondary N) is 1. The average Bonchev–Trinajstić information content (AvgIpc) is 2.33. The highest BCUT2D eigenvalue weighted by atomic mass is 16.2. The lowest BCUT2D eigenvalue weighted by atomic mass is 9.94. The van der Waals surface area contributed by atoms with Crippen molar-refractivity contribution in [2.45, 2.75) is 32.4 Å². The van der Waals surface area contributed by atoms with E-state index < -0.39 is 0 Å². The second kappa shape index (κ2) is 4.61. The number of amides is 1. The molecule has 0 aliphatic carbocycles. The molecule has 4 heteroatoms. The van der Waals surface area contributed by atoms with Crippen LogP contribution in [0.15, 0.2) is 24.3 Å². The van der Waals surface area contributed by atoms with Crippen molar-refractivity contribution in [1.29, 1.82) is 0 Å². The third kappa shape index (κ3) is 2.20. The highest BCUT2D eigenvalue weighted by Crippen LogP contribution is 2.29. The molecule has 1 aliphatic heterocycles. The Morgan fingerprint density at radius 3 is 2.56 bits per heavy atom. The van der Waals surface area contributed by atoms with Crippen LogP contribution in [0, 0.1) is 6.92 Å². The number of carbonyl (C=O) groups excluding carboxylic acids is 1. The molecule has 0 spiro atoms. The van der Waals surface area contributed by atoms with E-state index in [1.807, 2.05) is 0 Å². The molecule has 1 aliphatic rings. The van der Waals surface area contributed by atoms with E-state index in [1.165, 1.54) is 5.56 Å². The van der Waals surface area contributed by atoms with Crippen molar-refractivity contribution in [2.24, 2.45) is 5.73 Å². The van der Waals surface area contributed by atoms with Gasteiger partial charge in [-0.2, -0.15) is 0 Å². The van der Waals surface area contributed by atoms with Crippen molar-refractivity contribution in [3.8, 4) is 0 Å². The molecular weight excluding hydrogens is 226 g/mol. The fourth-order valence-electron chi connectivity index (χ4n) is 2.49. The minimum atomic E-state index is -0.295. The van der Waals surface area contributed by atoms with Crippen LogP contribution >= 0.6 is 0 Å².